The number of nitrogens with zero attached hydrogens (tertiary/aromatic N) is 2. The number of rotatable bonds is 5. The van der Waals surface area contributed by atoms with Gasteiger partial charge in [0.15, 0.2) is 0 Å². The zero-order valence-electron chi connectivity index (χ0n) is 12.0. The van der Waals surface area contributed by atoms with Crippen LogP contribution in [0.5, 0.6) is 0 Å². The van der Waals surface area contributed by atoms with E-state index in [9.17, 15) is 0 Å². The summed E-state index contributed by atoms with van der Waals surface area (Å²) in [6, 6.07) is 14.3. The highest BCUT2D eigenvalue weighted by atomic mass is 15.1. The molecule has 0 atom stereocenters. The number of aromatic amines is 1. The van der Waals surface area contributed by atoms with Crippen molar-refractivity contribution < 1.29 is 0 Å². The second-order valence-electron chi connectivity index (χ2n) is 5.01. The molecule has 3 aromatic rings. The van der Waals surface area contributed by atoms with Crippen molar-refractivity contribution in [2.45, 2.75) is 20.0 Å². The molecule has 0 amide bonds. The van der Waals surface area contributed by atoms with E-state index in [2.05, 4.69) is 45.6 Å². The van der Waals surface area contributed by atoms with Crippen LogP contribution in [-0.4, -0.2) is 15.2 Å². The molecule has 2 aromatic heterocycles. The van der Waals surface area contributed by atoms with E-state index in [1.807, 2.05) is 36.7 Å². The zero-order valence-corrected chi connectivity index (χ0v) is 12.0. The predicted molar refractivity (Wildman–Crippen MR) is 83.5 cm³/mol. The van der Waals surface area contributed by atoms with Crippen molar-refractivity contribution in [3.63, 3.8) is 0 Å². The Bertz CT molecular complexity index is 704. The van der Waals surface area contributed by atoms with Crippen LogP contribution in [0.2, 0.25) is 0 Å². The molecule has 0 aliphatic heterocycles. The van der Waals surface area contributed by atoms with Crippen molar-refractivity contribution in [3.8, 4) is 11.3 Å². The fourth-order valence-corrected chi connectivity index (χ4v) is 2.32. The predicted octanol–water partition coefficient (Wildman–Crippen LogP) is 3.07. The molecule has 21 heavy (non-hydrogen) atoms. The van der Waals surface area contributed by atoms with Crippen molar-refractivity contribution in [2.75, 3.05) is 0 Å². The maximum Gasteiger partial charge on any atom is 0.0695 e. The average molecular weight is 278 g/mol. The Balaban J connectivity index is 1.67. The molecule has 0 fully saturated rings. The molecule has 0 bridgehead atoms. The lowest BCUT2D eigenvalue weighted by Gasteiger charge is -2.07. The average Bonchev–Trinajstić information content (AvgIpc) is 2.99. The van der Waals surface area contributed by atoms with E-state index < -0.39 is 0 Å². The summed E-state index contributed by atoms with van der Waals surface area (Å²) in [5, 5.41) is 10.7. The fraction of sp³-hybridized carbons (Fsp3) is 0.176. The van der Waals surface area contributed by atoms with Crippen molar-refractivity contribution in [2.24, 2.45) is 0 Å². The standard InChI is InChI=1S/C17H18N4/c1-13-6-5-9-19-16(13)12-18-10-15-11-20-21-17(15)14-7-3-2-4-8-14/h2-9,11,18H,10,12H2,1H3,(H,20,21). The maximum atomic E-state index is 4.39. The molecule has 0 unspecified atom stereocenters. The summed E-state index contributed by atoms with van der Waals surface area (Å²) in [7, 11) is 0. The Morgan fingerprint density at radius 2 is 1.90 bits per heavy atom. The molecule has 0 saturated heterocycles. The second-order valence-corrected chi connectivity index (χ2v) is 5.01. The number of H-pyrrole nitrogens is 1. The summed E-state index contributed by atoms with van der Waals surface area (Å²) in [4.78, 5) is 4.39. The van der Waals surface area contributed by atoms with Gasteiger partial charge in [0.2, 0.25) is 0 Å². The third kappa shape index (κ3) is 3.17. The fourth-order valence-electron chi connectivity index (χ4n) is 2.32. The smallest absolute Gasteiger partial charge is 0.0695 e. The first-order valence-corrected chi connectivity index (χ1v) is 7.03. The molecule has 0 radical (unpaired) electrons. The first-order chi connectivity index (χ1) is 10.3. The third-order valence-corrected chi connectivity index (χ3v) is 3.51. The van der Waals surface area contributed by atoms with E-state index >= 15 is 0 Å². The van der Waals surface area contributed by atoms with Crippen molar-refractivity contribution in [3.05, 3.63) is 71.7 Å². The summed E-state index contributed by atoms with van der Waals surface area (Å²) in [6.07, 6.45) is 3.71. The minimum absolute atomic E-state index is 0.756. The van der Waals surface area contributed by atoms with Gasteiger partial charge in [0.25, 0.3) is 0 Å². The van der Waals surface area contributed by atoms with E-state index in [4.69, 9.17) is 0 Å². The number of pyridine rings is 1. The highest BCUT2D eigenvalue weighted by Gasteiger charge is 2.07. The van der Waals surface area contributed by atoms with Gasteiger partial charge < -0.3 is 5.32 Å². The monoisotopic (exact) mass is 278 g/mol. The van der Waals surface area contributed by atoms with E-state index in [-0.39, 0.29) is 0 Å². The largest absolute Gasteiger partial charge is 0.307 e. The number of aryl methyl sites for hydroxylation is 1. The van der Waals surface area contributed by atoms with Crippen LogP contribution in [0.4, 0.5) is 0 Å². The highest BCUT2D eigenvalue weighted by molar-refractivity contribution is 5.62. The number of hydrogen-bond acceptors (Lipinski definition) is 3. The first kappa shape index (κ1) is 13.5. The molecule has 2 N–H and O–H groups in total. The lowest BCUT2D eigenvalue weighted by atomic mass is 10.1. The quantitative estimate of drug-likeness (QED) is 0.754. The molecule has 0 aliphatic rings. The summed E-state index contributed by atoms with van der Waals surface area (Å²) in [5.74, 6) is 0. The second kappa shape index (κ2) is 6.33. The normalized spacial score (nSPS) is 10.7. The molecule has 4 heteroatoms. The van der Waals surface area contributed by atoms with E-state index in [0.717, 1.165) is 35.6 Å². The summed E-state index contributed by atoms with van der Waals surface area (Å²) in [5.41, 5.74) is 5.68. The van der Waals surface area contributed by atoms with Gasteiger partial charge >= 0.3 is 0 Å². The maximum absolute atomic E-state index is 4.39. The van der Waals surface area contributed by atoms with Gasteiger partial charge in [0.1, 0.15) is 0 Å². The Hall–Kier alpha value is -2.46. The Morgan fingerprint density at radius 1 is 1.05 bits per heavy atom. The molecule has 3 rings (SSSR count). The van der Waals surface area contributed by atoms with Crippen molar-refractivity contribution in [1.29, 1.82) is 0 Å². The molecule has 2 heterocycles. The highest BCUT2D eigenvalue weighted by Crippen LogP contribution is 2.20. The van der Waals surface area contributed by atoms with Crippen LogP contribution < -0.4 is 5.32 Å². The van der Waals surface area contributed by atoms with Crippen LogP contribution in [-0.2, 0) is 13.1 Å². The molecule has 4 nitrogen and oxygen atoms in total. The SMILES string of the molecule is Cc1cccnc1CNCc1cn[nH]c1-c1ccccc1. The number of nitrogens with one attached hydrogen (secondary N) is 2. The van der Waals surface area contributed by atoms with Gasteiger partial charge in [0.05, 0.1) is 17.6 Å². The van der Waals surface area contributed by atoms with Gasteiger partial charge in [-0.25, -0.2) is 0 Å². The van der Waals surface area contributed by atoms with Crippen LogP contribution >= 0.6 is 0 Å². The minimum atomic E-state index is 0.756. The molecular weight excluding hydrogens is 260 g/mol. The first-order valence-electron chi connectivity index (χ1n) is 7.03. The van der Waals surface area contributed by atoms with E-state index in [1.54, 1.807) is 0 Å². The molecule has 1 aromatic carbocycles. The molecule has 106 valence electrons. The third-order valence-electron chi connectivity index (χ3n) is 3.51. The number of hydrogen-bond donors (Lipinski definition) is 2. The molecular formula is C17H18N4. The van der Waals surface area contributed by atoms with E-state index in [1.165, 1.54) is 5.56 Å². The summed E-state index contributed by atoms with van der Waals surface area (Å²) < 4.78 is 0. The van der Waals surface area contributed by atoms with Gasteiger partial charge in [0, 0.05) is 24.8 Å². The van der Waals surface area contributed by atoms with Gasteiger partial charge in [-0.1, -0.05) is 36.4 Å². The lowest BCUT2D eigenvalue weighted by Crippen LogP contribution is -2.14. The van der Waals surface area contributed by atoms with Crippen molar-refractivity contribution in [1.82, 2.24) is 20.5 Å². The molecule has 0 spiro atoms. The van der Waals surface area contributed by atoms with Crippen LogP contribution in [0.15, 0.2) is 54.9 Å². The van der Waals surface area contributed by atoms with Gasteiger partial charge in [-0.3, -0.25) is 10.1 Å². The summed E-state index contributed by atoms with van der Waals surface area (Å²) >= 11 is 0. The Labute approximate surface area is 124 Å². The Kier molecular flexibility index (Phi) is 4.07. The van der Waals surface area contributed by atoms with Crippen LogP contribution in [0.1, 0.15) is 16.8 Å². The van der Waals surface area contributed by atoms with Crippen LogP contribution in [0, 0.1) is 6.92 Å². The zero-order chi connectivity index (χ0) is 14.5. The van der Waals surface area contributed by atoms with Gasteiger partial charge in [-0.05, 0) is 24.1 Å². The number of benzene rings is 1. The van der Waals surface area contributed by atoms with Gasteiger partial charge in [-0.15, -0.1) is 0 Å². The minimum Gasteiger partial charge on any atom is -0.307 e. The lowest BCUT2D eigenvalue weighted by molar-refractivity contribution is 0.677. The molecule has 0 saturated carbocycles. The Morgan fingerprint density at radius 3 is 2.71 bits per heavy atom. The van der Waals surface area contributed by atoms with Crippen LogP contribution in [0.25, 0.3) is 11.3 Å². The van der Waals surface area contributed by atoms with Crippen molar-refractivity contribution >= 4 is 0 Å². The topological polar surface area (TPSA) is 53.6 Å². The summed E-state index contributed by atoms with van der Waals surface area (Å²) in [6.45, 7) is 3.60. The van der Waals surface area contributed by atoms with Gasteiger partial charge in [-0.2, -0.15) is 5.10 Å². The van der Waals surface area contributed by atoms with E-state index in [0.29, 0.717) is 0 Å². The molecule has 0 aliphatic carbocycles. The van der Waals surface area contributed by atoms with Crippen LogP contribution in [0.3, 0.4) is 0 Å². The number of aromatic nitrogens is 3.